The first kappa shape index (κ1) is 11.1. The van der Waals surface area contributed by atoms with Crippen LogP contribution in [0.5, 0.6) is 0 Å². The summed E-state index contributed by atoms with van der Waals surface area (Å²) in [7, 11) is 0. The highest BCUT2D eigenvalue weighted by atomic mass is 16.1. The maximum Gasteiger partial charge on any atom is 0.234 e. The second kappa shape index (κ2) is 5.73. The Kier molecular flexibility index (Phi) is 4.26. The second-order valence-corrected chi connectivity index (χ2v) is 3.10. The van der Waals surface area contributed by atoms with E-state index in [2.05, 4.69) is 10.3 Å². The standard InChI is InChI=1S/C11H12N2O2/c1-9(15)13-11-4-2-10(3-5-11)6-7-12-8-14/h2-5H,6-7H2,1H3,(H,13,15). The van der Waals surface area contributed by atoms with Gasteiger partial charge in [0.2, 0.25) is 12.0 Å². The number of hydrogen-bond donors (Lipinski definition) is 1. The van der Waals surface area contributed by atoms with Gasteiger partial charge >= 0.3 is 0 Å². The molecule has 1 rings (SSSR count). The molecule has 0 spiro atoms. The van der Waals surface area contributed by atoms with E-state index >= 15 is 0 Å². The van der Waals surface area contributed by atoms with Crippen LogP contribution < -0.4 is 5.32 Å². The summed E-state index contributed by atoms with van der Waals surface area (Å²) in [6.07, 6.45) is 2.20. The van der Waals surface area contributed by atoms with E-state index in [4.69, 9.17) is 0 Å². The molecule has 0 aliphatic heterocycles. The first-order valence-electron chi connectivity index (χ1n) is 4.62. The van der Waals surface area contributed by atoms with Gasteiger partial charge in [-0.2, -0.15) is 0 Å². The van der Waals surface area contributed by atoms with Crippen molar-refractivity contribution in [1.82, 2.24) is 0 Å². The maximum atomic E-state index is 10.7. The maximum absolute atomic E-state index is 10.7. The Labute approximate surface area is 88.0 Å². The molecule has 78 valence electrons. The van der Waals surface area contributed by atoms with Gasteiger partial charge in [-0.25, -0.2) is 9.79 Å². The highest BCUT2D eigenvalue weighted by Gasteiger charge is 1.95. The predicted octanol–water partition coefficient (Wildman–Crippen LogP) is 1.52. The summed E-state index contributed by atoms with van der Waals surface area (Å²) in [6, 6.07) is 7.43. The molecule has 1 N–H and O–H groups in total. The van der Waals surface area contributed by atoms with E-state index in [-0.39, 0.29) is 5.91 Å². The molecule has 0 fully saturated rings. The fraction of sp³-hybridized carbons (Fsp3) is 0.273. The Hall–Kier alpha value is -1.93. The van der Waals surface area contributed by atoms with E-state index in [9.17, 15) is 9.59 Å². The van der Waals surface area contributed by atoms with Crippen molar-refractivity contribution in [3.8, 4) is 0 Å². The molecular formula is C11H12N2O2. The number of isocyanates is 1. The van der Waals surface area contributed by atoms with Gasteiger partial charge in [-0.05, 0) is 24.1 Å². The van der Waals surface area contributed by atoms with E-state index in [0.29, 0.717) is 13.0 Å². The summed E-state index contributed by atoms with van der Waals surface area (Å²) in [5.41, 5.74) is 1.84. The van der Waals surface area contributed by atoms with Crippen molar-refractivity contribution in [3.05, 3.63) is 29.8 Å². The molecule has 15 heavy (non-hydrogen) atoms. The summed E-state index contributed by atoms with van der Waals surface area (Å²) >= 11 is 0. The molecule has 0 saturated heterocycles. The monoisotopic (exact) mass is 204 g/mol. The van der Waals surface area contributed by atoms with Crippen LogP contribution in [0, 0.1) is 0 Å². The van der Waals surface area contributed by atoms with Gasteiger partial charge in [-0.15, -0.1) is 0 Å². The van der Waals surface area contributed by atoms with Crippen molar-refractivity contribution in [2.24, 2.45) is 4.99 Å². The molecule has 0 radical (unpaired) electrons. The van der Waals surface area contributed by atoms with Gasteiger partial charge in [0, 0.05) is 12.6 Å². The fourth-order valence-electron chi connectivity index (χ4n) is 1.19. The van der Waals surface area contributed by atoms with Crippen LogP contribution in [0.1, 0.15) is 12.5 Å². The molecule has 4 nitrogen and oxygen atoms in total. The first-order valence-corrected chi connectivity index (χ1v) is 4.62. The molecule has 0 aliphatic rings. The van der Waals surface area contributed by atoms with Crippen LogP contribution >= 0.6 is 0 Å². The van der Waals surface area contributed by atoms with Gasteiger partial charge in [-0.3, -0.25) is 4.79 Å². The van der Waals surface area contributed by atoms with E-state index in [1.807, 2.05) is 24.3 Å². The predicted molar refractivity (Wildman–Crippen MR) is 57.4 cm³/mol. The number of nitrogens with one attached hydrogen (secondary N) is 1. The van der Waals surface area contributed by atoms with Gasteiger partial charge in [0.15, 0.2) is 0 Å². The zero-order valence-electron chi connectivity index (χ0n) is 8.49. The van der Waals surface area contributed by atoms with E-state index in [0.717, 1.165) is 11.3 Å². The summed E-state index contributed by atoms with van der Waals surface area (Å²) in [6.45, 7) is 1.91. The molecule has 0 heterocycles. The lowest BCUT2D eigenvalue weighted by molar-refractivity contribution is -0.114. The number of amides is 1. The topological polar surface area (TPSA) is 58.5 Å². The van der Waals surface area contributed by atoms with E-state index in [1.165, 1.54) is 13.0 Å². The second-order valence-electron chi connectivity index (χ2n) is 3.10. The minimum absolute atomic E-state index is 0.0895. The smallest absolute Gasteiger partial charge is 0.234 e. The van der Waals surface area contributed by atoms with E-state index < -0.39 is 0 Å². The highest BCUT2D eigenvalue weighted by Crippen LogP contribution is 2.09. The Morgan fingerprint density at radius 3 is 2.60 bits per heavy atom. The average molecular weight is 204 g/mol. The quantitative estimate of drug-likeness (QED) is 0.597. The molecule has 0 saturated carbocycles. The van der Waals surface area contributed by atoms with Crippen LogP contribution in [0.15, 0.2) is 29.3 Å². The third kappa shape index (κ3) is 4.20. The number of anilines is 1. The van der Waals surface area contributed by atoms with Crippen LogP contribution in [-0.4, -0.2) is 18.5 Å². The van der Waals surface area contributed by atoms with Crippen LogP contribution in [0.4, 0.5) is 5.69 Å². The van der Waals surface area contributed by atoms with Gasteiger partial charge in [0.05, 0.1) is 6.54 Å². The third-order valence-electron chi connectivity index (χ3n) is 1.85. The van der Waals surface area contributed by atoms with Crippen LogP contribution in [0.25, 0.3) is 0 Å². The first-order chi connectivity index (χ1) is 7.22. The molecule has 1 amide bonds. The van der Waals surface area contributed by atoms with Crippen molar-refractivity contribution < 1.29 is 9.59 Å². The lowest BCUT2D eigenvalue weighted by Crippen LogP contribution is -2.05. The molecule has 0 aromatic heterocycles. The Bertz CT molecular complexity index is 378. The molecule has 4 heteroatoms. The van der Waals surface area contributed by atoms with Crippen LogP contribution in [0.3, 0.4) is 0 Å². The Morgan fingerprint density at radius 1 is 1.40 bits per heavy atom. The SMILES string of the molecule is CC(=O)Nc1ccc(CCN=C=O)cc1. The van der Waals surface area contributed by atoms with Crippen molar-refractivity contribution in [1.29, 1.82) is 0 Å². The van der Waals surface area contributed by atoms with Crippen molar-refractivity contribution in [2.45, 2.75) is 13.3 Å². The number of hydrogen-bond acceptors (Lipinski definition) is 3. The molecule has 0 atom stereocenters. The Balaban J connectivity index is 2.55. The van der Waals surface area contributed by atoms with Gasteiger partial charge in [0.25, 0.3) is 0 Å². The van der Waals surface area contributed by atoms with Crippen LogP contribution in [-0.2, 0) is 16.0 Å². The molecule has 0 bridgehead atoms. The Morgan fingerprint density at radius 2 is 2.07 bits per heavy atom. The molecule has 0 aliphatic carbocycles. The summed E-state index contributed by atoms with van der Waals surface area (Å²) in [5, 5.41) is 2.67. The zero-order valence-corrected chi connectivity index (χ0v) is 8.49. The van der Waals surface area contributed by atoms with Gasteiger partial charge < -0.3 is 5.32 Å². The summed E-state index contributed by atoms with van der Waals surface area (Å²) in [4.78, 5) is 24.0. The summed E-state index contributed by atoms with van der Waals surface area (Å²) in [5.74, 6) is -0.0895. The minimum atomic E-state index is -0.0895. The van der Waals surface area contributed by atoms with Crippen molar-refractivity contribution >= 4 is 17.7 Å². The lowest BCUT2D eigenvalue weighted by Gasteiger charge is -2.02. The normalized spacial score (nSPS) is 9.13. The van der Waals surface area contributed by atoms with Gasteiger partial charge in [-0.1, -0.05) is 12.1 Å². The summed E-state index contributed by atoms with van der Waals surface area (Å²) < 4.78 is 0. The number of aliphatic imine (C=N–C) groups is 1. The largest absolute Gasteiger partial charge is 0.326 e. The molecular weight excluding hydrogens is 192 g/mol. The minimum Gasteiger partial charge on any atom is -0.326 e. The number of benzene rings is 1. The highest BCUT2D eigenvalue weighted by molar-refractivity contribution is 5.88. The molecule has 1 aromatic carbocycles. The average Bonchev–Trinajstić information content (AvgIpc) is 2.20. The van der Waals surface area contributed by atoms with E-state index in [1.54, 1.807) is 0 Å². The number of nitrogens with zero attached hydrogens (tertiary/aromatic N) is 1. The third-order valence-corrected chi connectivity index (χ3v) is 1.85. The van der Waals surface area contributed by atoms with Crippen LogP contribution in [0.2, 0.25) is 0 Å². The number of carbonyl (C=O) groups is 1. The molecule has 0 unspecified atom stereocenters. The lowest BCUT2D eigenvalue weighted by atomic mass is 10.1. The molecule has 1 aromatic rings. The van der Waals surface area contributed by atoms with Crippen molar-refractivity contribution in [3.63, 3.8) is 0 Å². The van der Waals surface area contributed by atoms with Crippen molar-refractivity contribution in [2.75, 3.05) is 11.9 Å². The number of carbonyl (C=O) groups excluding carboxylic acids is 2. The zero-order chi connectivity index (χ0) is 11.1. The fourth-order valence-corrected chi connectivity index (χ4v) is 1.19. The number of rotatable bonds is 4. The van der Waals surface area contributed by atoms with Gasteiger partial charge in [0.1, 0.15) is 0 Å².